The molecule has 0 radical (unpaired) electrons. The molecule has 1 aromatic rings. The second-order valence-corrected chi connectivity index (χ2v) is 3.10. The zero-order valence-corrected chi connectivity index (χ0v) is 11.0. The van der Waals surface area contributed by atoms with E-state index < -0.39 is 0 Å². The molecule has 0 atom stereocenters. The van der Waals surface area contributed by atoms with E-state index in [4.69, 9.17) is 9.47 Å². The zero-order valence-electron chi connectivity index (χ0n) is 9.23. The Morgan fingerprint density at radius 2 is 1.35 bits per heavy atom. The molecule has 3 heterocycles. The van der Waals surface area contributed by atoms with E-state index in [1.807, 2.05) is 18.2 Å². The largest absolute Gasteiger partial charge is 0.472 e. The maximum absolute atomic E-state index is 5.13. The molecule has 0 N–H and O–H groups in total. The first-order valence-electron chi connectivity index (χ1n) is 5.16. The van der Waals surface area contributed by atoms with Crippen molar-refractivity contribution in [3.63, 3.8) is 0 Å². The summed E-state index contributed by atoms with van der Waals surface area (Å²) in [6.45, 7) is 2.80. The van der Waals surface area contributed by atoms with Crippen LogP contribution in [0.15, 0.2) is 40.6 Å². The predicted molar refractivity (Wildman–Crippen MR) is 60.7 cm³/mol. The number of hydrogen-bond acceptors (Lipinski definition) is 5. The van der Waals surface area contributed by atoms with E-state index >= 15 is 0 Å². The first kappa shape index (κ1) is 13.8. The predicted octanol–water partition coefficient (Wildman–Crippen LogP) is 0.923. The van der Waals surface area contributed by atoms with E-state index in [1.54, 1.807) is 12.4 Å². The van der Waals surface area contributed by atoms with Crippen LogP contribution in [0.3, 0.4) is 0 Å². The molecule has 92 valence electrons. The number of rotatable bonds is 1. The topological polar surface area (TPSA) is 56.1 Å². The molecule has 0 spiro atoms. The van der Waals surface area contributed by atoms with E-state index in [0.717, 1.165) is 13.1 Å². The Labute approximate surface area is 113 Å². The summed E-state index contributed by atoms with van der Waals surface area (Å²) in [4.78, 5) is 11.9. The van der Waals surface area contributed by atoms with E-state index in [1.165, 1.54) is 0 Å². The first-order valence-corrected chi connectivity index (χ1v) is 5.16. The van der Waals surface area contributed by atoms with E-state index in [9.17, 15) is 0 Å². The van der Waals surface area contributed by atoms with Gasteiger partial charge in [0.1, 0.15) is 13.2 Å². The Bertz CT molecular complexity index is 333. The second kappa shape index (κ2) is 7.90. The molecule has 1 aromatic heterocycles. The smallest absolute Gasteiger partial charge is 0.273 e. The summed E-state index contributed by atoms with van der Waals surface area (Å²) in [7, 11) is 0. The molecule has 2 aliphatic rings. The number of hydrogen-bond donors (Lipinski definition) is 0. The summed E-state index contributed by atoms with van der Waals surface area (Å²) in [5.41, 5.74) is 0. The quantitative estimate of drug-likeness (QED) is 0.723. The molecule has 0 aliphatic carbocycles. The Balaban J connectivity index is 0.000000180. The molecule has 0 saturated heterocycles. The monoisotopic (exact) mass is 321 g/mol. The molecule has 5 nitrogen and oxygen atoms in total. The van der Waals surface area contributed by atoms with Crippen molar-refractivity contribution in [2.45, 2.75) is 0 Å². The minimum Gasteiger partial charge on any atom is -0.472 e. The van der Waals surface area contributed by atoms with Gasteiger partial charge < -0.3 is 9.47 Å². The van der Waals surface area contributed by atoms with Crippen molar-refractivity contribution >= 4 is 11.8 Å². The van der Waals surface area contributed by atoms with Gasteiger partial charge in [-0.25, -0.2) is 9.98 Å². The van der Waals surface area contributed by atoms with Gasteiger partial charge in [-0.2, -0.15) is 0 Å². The van der Waals surface area contributed by atoms with E-state index in [0.29, 0.717) is 25.0 Å². The minimum atomic E-state index is 0. The third-order valence-corrected chi connectivity index (χ3v) is 1.92. The van der Waals surface area contributed by atoms with Crippen LogP contribution in [0, 0.1) is 0 Å². The average molecular weight is 320 g/mol. The number of ether oxygens (including phenoxy) is 2. The van der Waals surface area contributed by atoms with Crippen LogP contribution in [-0.4, -0.2) is 43.1 Å². The van der Waals surface area contributed by atoms with Crippen LogP contribution in [0.5, 0.6) is 0 Å². The summed E-state index contributed by atoms with van der Waals surface area (Å²) in [6.07, 6.45) is 3.50. The van der Waals surface area contributed by atoms with Crippen LogP contribution >= 0.6 is 0 Å². The maximum atomic E-state index is 5.13. The Kier molecular flexibility index (Phi) is 6.40. The number of pyridine rings is 1. The van der Waals surface area contributed by atoms with E-state index in [2.05, 4.69) is 15.0 Å². The molecular weight excluding hydrogens is 307 g/mol. The fraction of sp³-hybridized carbons (Fsp3) is 0.364. The third kappa shape index (κ3) is 4.61. The fourth-order valence-corrected chi connectivity index (χ4v) is 1.24. The molecule has 0 amide bonds. The molecule has 3 rings (SSSR count). The Hall–Kier alpha value is -1.29. The molecular formula is C11H13N3O2Ru. The Morgan fingerprint density at radius 1 is 0.824 bits per heavy atom. The standard InChI is InChI=1S/C6H8N2O2.C5H5N.Ru/c1-3-9-5(7-1)6-8-2-4-10-6;1-2-4-6-5-3-1;/h1-4H2;1-5H;. The van der Waals surface area contributed by atoms with Gasteiger partial charge in [-0.05, 0) is 12.1 Å². The summed E-state index contributed by atoms with van der Waals surface area (Å²) >= 11 is 0. The molecule has 6 heteroatoms. The van der Waals surface area contributed by atoms with E-state index in [-0.39, 0.29) is 19.5 Å². The number of aliphatic imine (C=N–C) groups is 2. The number of nitrogens with zero attached hydrogens (tertiary/aromatic N) is 3. The molecule has 0 saturated carbocycles. The molecule has 2 aliphatic heterocycles. The fourth-order valence-electron chi connectivity index (χ4n) is 1.24. The SMILES string of the molecule is C1COC(C2=NCCO2)=N1.[Ru].c1ccncc1. The van der Waals surface area contributed by atoms with Gasteiger partial charge in [-0.3, -0.25) is 4.98 Å². The van der Waals surface area contributed by atoms with Gasteiger partial charge in [0.25, 0.3) is 11.8 Å². The normalized spacial score (nSPS) is 16.5. The first-order chi connectivity index (χ1) is 7.97. The summed E-state index contributed by atoms with van der Waals surface area (Å²) < 4.78 is 10.3. The average Bonchev–Trinajstić information content (AvgIpc) is 3.05. The molecule has 17 heavy (non-hydrogen) atoms. The number of aromatic nitrogens is 1. The van der Waals surface area contributed by atoms with Crippen molar-refractivity contribution in [3.05, 3.63) is 30.6 Å². The second-order valence-electron chi connectivity index (χ2n) is 3.10. The van der Waals surface area contributed by atoms with Crippen molar-refractivity contribution in [1.29, 1.82) is 0 Å². The van der Waals surface area contributed by atoms with Crippen LogP contribution in [0.1, 0.15) is 0 Å². The van der Waals surface area contributed by atoms with Gasteiger partial charge >= 0.3 is 0 Å². The maximum Gasteiger partial charge on any atom is 0.273 e. The van der Waals surface area contributed by atoms with Crippen LogP contribution in [0.2, 0.25) is 0 Å². The van der Waals surface area contributed by atoms with Crippen LogP contribution < -0.4 is 0 Å². The molecule has 0 bridgehead atoms. The van der Waals surface area contributed by atoms with Crippen LogP contribution in [0.25, 0.3) is 0 Å². The zero-order chi connectivity index (χ0) is 11.1. The third-order valence-electron chi connectivity index (χ3n) is 1.92. The molecule has 0 aromatic carbocycles. The summed E-state index contributed by atoms with van der Waals surface area (Å²) in [5.74, 6) is 1.16. The van der Waals surface area contributed by atoms with Crippen molar-refractivity contribution in [2.24, 2.45) is 9.98 Å². The van der Waals surface area contributed by atoms with Gasteiger partial charge in [0.2, 0.25) is 0 Å². The van der Waals surface area contributed by atoms with Crippen molar-refractivity contribution < 1.29 is 29.0 Å². The van der Waals surface area contributed by atoms with Crippen molar-refractivity contribution in [3.8, 4) is 0 Å². The summed E-state index contributed by atoms with van der Waals surface area (Å²) in [5, 5.41) is 0. The van der Waals surface area contributed by atoms with Crippen LogP contribution in [-0.2, 0) is 29.0 Å². The van der Waals surface area contributed by atoms with Gasteiger partial charge in [-0.15, -0.1) is 0 Å². The van der Waals surface area contributed by atoms with Gasteiger partial charge in [-0.1, -0.05) is 6.07 Å². The van der Waals surface area contributed by atoms with Crippen molar-refractivity contribution in [2.75, 3.05) is 26.3 Å². The Morgan fingerprint density at radius 3 is 1.59 bits per heavy atom. The van der Waals surface area contributed by atoms with Crippen LogP contribution in [0.4, 0.5) is 0 Å². The van der Waals surface area contributed by atoms with Gasteiger partial charge in [0.05, 0.1) is 13.1 Å². The molecule has 0 fully saturated rings. The van der Waals surface area contributed by atoms with Crippen molar-refractivity contribution in [1.82, 2.24) is 4.98 Å². The summed E-state index contributed by atoms with van der Waals surface area (Å²) in [6, 6.07) is 5.72. The molecule has 0 unspecified atom stereocenters. The van der Waals surface area contributed by atoms with Gasteiger partial charge in [0.15, 0.2) is 0 Å². The minimum absolute atomic E-state index is 0. The van der Waals surface area contributed by atoms with Gasteiger partial charge in [0, 0.05) is 31.9 Å².